The van der Waals surface area contributed by atoms with Crippen molar-refractivity contribution in [3.05, 3.63) is 75.5 Å². The molecule has 0 unspecified atom stereocenters. The summed E-state index contributed by atoms with van der Waals surface area (Å²) in [7, 11) is 2.99. The zero-order chi connectivity index (χ0) is 25.7. The number of benzene rings is 2. The molecule has 184 valence electrons. The number of rotatable bonds is 9. The molecule has 0 bridgehead atoms. The Morgan fingerprint density at radius 2 is 1.54 bits per heavy atom. The molecular weight excluding hydrogens is 468 g/mol. The molecule has 0 saturated heterocycles. The van der Waals surface area contributed by atoms with E-state index in [4.69, 9.17) is 13.9 Å². The molecule has 3 aromatic rings. The normalized spacial score (nSPS) is 11.4. The summed E-state index contributed by atoms with van der Waals surface area (Å²) in [6, 6.07) is 7.18. The van der Waals surface area contributed by atoms with E-state index in [1.165, 1.54) is 14.2 Å². The number of ether oxygens (including phenoxy) is 2. The van der Waals surface area contributed by atoms with Crippen LogP contribution in [0.25, 0.3) is 5.57 Å². The number of allylic oxidation sites excluding steroid dienone is 1. The molecule has 1 heterocycles. The molecule has 3 rings (SSSR count). The molecule has 0 aliphatic heterocycles. The largest absolute Gasteiger partial charge is 0.496 e. The maximum Gasteiger partial charge on any atom is 0.339 e. The number of thioether (sulfide) groups is 1. The fourth-order valence-electron chi connectivity index (χ4n) is 4.00. The smallest absolute Gasteiger partial charge is 0.339 e. The van der Waals surface area contributed by atoms with Crippen LogP contribution in [0.5, 0.6) is 11.5 Å². The van der Waals surface area contributed by atoms with Crippen LogP contribution in [0.1, 0.15) is 61.2 Å². The van der Waals surface area contributed by atoms with Crippen molar-refractivity contribution in [2.45, 2.75) is 33.6 Å². The van der Waals surface area contributed by atoms with E-state index >= 15 is 0 Å². The SMILES string of the molecule is COc1c(C)cc(C(=CCCc2nnc(C)o2)c2cc(C)c(OC)c(C(=O)SC)c2)cc1C(=O)O. The van der Waals surface area contributed by atoms with Crippen LogP contribution in [0.2, 0.25) is 0 Å². The van der Waals surface area contributed by atoms with Crippen molar-refractivity contribution in [3.8, 4) is 11.5 Å². The monoisotopic (exact) mass is 496 g/mol. The van der Waals surface area contributed by atoms with Gasteiger partial charge in [-0.1, -0.05) is 17.8 Å². The van der Waals surface area contributed by atoms with Gasteiger partial charge in [0.2, 0.25) is 16.9 Å². The van der Waals surface area contributed by atoms with Gasteiger partial charge in [-0.3, -0.25) is 4.79 Å². The number of aryl methyl sites for hydroxylation is 4. The Bertz CT molecular complexity index is 1300. The Kier molecular flexibility index (Phi) is 8.34. The summed E-state index contributed by atoms with van der Waals surface area (Å²) < 4.78 is 16.3. The van der Waals surface area contributed by atoms with Crippen LogP contribution in [0.15, 0.2) is 34.8 Å². The Balaban J connectivity index is 2.20. The molecule has 1 N–H and O–H groups in total. The molecule has 0 atom stereocenters. The predicted molar refractivity (Wildman–Crippen MR) is 135 cm³/mol. The number of hydrogen-bond donors (Lipinski definition) is 1. The molecule has 0 amide bonds. The number of methoxy groups -OCH3 is 2. The van der Waals surface area contributed by atoms with Crippen molar-refractivity contribution >= 4 is 28.4 Å². The lowest BCUT2D eigenvalue weighted by Gasteiger charge is -2.17. The zero-order valence-corrected chi connectivity index (χ0v) is 21.4. The second kappa shape index (κ2) is 11.2. The van der Waals surface area contributed by atoms with E-state index in [1.807, 2.05) is 25.1 Å². The highest BCUT2D eigenvalue weighted by Gasteiger charge is 2.20. The molecule has 9 heteroatoms. The lowest BCUT2D eigenvalue weighted by molar-refractivity contribution is 0.0693. The van der Waals surface area contributed by atoms with Crippen molar-refractivity contribution in [3.63, 3.8) is 0 Å². The van der Waals surface area contributed by atoms with Gasteiger partial charge < -0.3 is 19.0 Å². The van der Waals surface area contributed by atoms with Gasteiger partial charge in [-0.2, -0.15) is 0 Å². The van der Waals surface area contributed by atoms with Crippen LogP contribution in [0.3, 0.4) is 0 Å². The van der Waals surface area contributed by atoms with Gasteiger partial charge in [-0.25, -0.2) is 4.79 Å². The van der Waals surface area contributed by atoms with Crippen LogP contribution >= 0.6 is 11.8 Å². The fourth-order valence-corrected chi connectivity index (χ4v) is 4.37. The second-order valence-electron chi connectivity index (χ2n) is 7.92. The molecule has 2 aromatic carbocycles. The number of carboxylic acids is 1. The molecule has 0 saturated carbocycles. The Hall–Kier alpha value is -3.59. The summed E-state index contributed by atoms with van der Waals surface area (Å²) in [5, 5.41) is 17.6. The van der Waals surface area contributed by atoms with Gasteiger partial charge in [0.25, 0.3) is 0 Å². The van der Waals surface area contributed by atoms with Crippen molar-refractivity contribution in [1.29, 1.82) is 0 Å². The van der Waals surface area contributed by atoms with Gasteiger partial charge in [-0.15, -0.1) is 10.2 Å². The summed E-state index contributed by atoms with van der Waals surface area (Å²) in [6.07, 6.45) is 4.78. The number of aromatic nitrogens is 2. The third kappa shape index (κ3) is 5.74. The molecular formula is C26H28N2O6S. The van der Waals surface area contributed by atoms with E-state index < -0.39 is 5.97 Å². The van der Waals surface area contributed by atoms with Gasteiger partial charge >= 0.3 is 5.97 Å². The molecule has 0 radical (unpaired) electrons. The standard InChI is InChI=1S/C26H28N2O6S/c1-14-10-17(12-20(25(29)30)23(14)32-4)19(8-7-9-22-28-27-16(3)34-22)18-11-15(2)24(33-5)21(13-18)26(31)35-6/h8,10-13H,7,9H2,1-6H3,(H,29,30). The van der Waals surface area contributed by atoms with E-state index in [-0.39, 0.29) is 10.7 Å². The third-order valence-corrected chi connectivity index (χ3v) is 6.08. The molecule has 0 aliphatic rings. The quantitative estimate of drug-likeness (QED) is 0.423. The van der Waals surface area contributed by atoms with Gasteiger partial charge in [0.1, 0.15) is 17.1 Å². The highest BCUT2D eigenvalue weighted by molar-refractivity contribution is 8.13. The minimum absolute atomic E-state index is 0.0616. The zero-order valence-electron chi connectivity index (χ0n) is 20.6. The van der Waals surface area contributed by atoms with Gasteiger partial charge in [0.05, 0.1) is 19.8 Å². The first-order valence-corrected chi connectivity index (χ1v) is 12.1. The lowest BCUT2D eigenvalue weighted by atomic mass is 9.91. The Labute approximate surface area is 208 Å². The summed E-state index contributed by atoms with van der Waals surface area (Å²) in [5.41, 5.74) is 4.23. The van der Waals surface area contributed by atoms with Gasteiger partial charge in [0, 0.05) is 13.3 Å². The minimum atomic E-state index is -1.09. The van der Waals surface area contributed by atoms with Crippen LogP contribution in [0.4, 0.5) is 0 Å². The maximum atomic E-state index is 12.7. The van der Waals surface area contributed by atoms with Crippen LogP contribution < -0.4 is 9.47 Å². The topological polar surface area (TPSA) is 112 Å². The van der Waals surface area contributed by atoms with Gasteiger partial charge in [-0.05, 0) is 78.6 Å². The molecule has 1 aromatic heterocycles. The van der Waals surface area contributed by atoms with Crippen LogP contribution in [-0.2, 0) is 6.42 Å². The highest BCUT2D eigenvalue weighted by atomic mass is 32.2. The molecule has 35 heavy (non-hydrogen) atoms. The van der Waals surface area contributed by atoms with Gasteiger partial charge in [0.15, 0.2) is 0 Å². The second-order valence-corrected chi connectivity index (χ2v) is 8.69. The van der Waals surface area contributed by atoms with Crippen LogP contribution in [-0.4, -0.2) is 46.9 Å². The van der Waals surface area contributed by atoms with E-state index in [2.05, 4.69) is 10.2 Å². The number of carbonyl (C=O) groups is 2. The fraction of sp³-hybridized carbons (Fsp3) is 0.308. The first kappa shape index (κ1) is 26.0. The van der Waals surface area contributed by atoms with Crippen molar-refractivity contribution in [1.82, 2.24) is 10.2 Å². The average Bonchev–Trinajstić information content (AvgIpc) is 3.25. The molecule has 8 nitrogen and oxygen atoms in total. The maximum absolute atomic E-state index is 12.7. The Morgan fingerprint density at radius 3 is 2.03 bits per heavy atom. The summed E-state index contributed by atoms with van der Waals surface area (Å²) >= 11 is 1.10. The van der Waals surface area contributed by atoms with Crippen molar-refractivity contribution < 1.29 is 28.6 Å². The molecule has 0 fully saturated rings. The predicted octanol–water partition coefficient (Wildman–Crippen LogP) is 5.28. The number of hydrogen-bond acceptors (Lipinski definition) is 8. The number of carboxylic acid groups (broad SMARTS) is 1. The lowest BCUT2D eigenvalue weighted by Crippen LogP contribution is -2.05. The third-order valence-electron chi connectivity index (χ3n) is 5.49. The first-order valence-electron chi connectivity index (χ1n) is 10.9. The van der Waals surface area contributed by atoms with Crippen molar-refractivity contribution in [2.24, 2.45) is 0 Å². The van der Waals surface area contributed by atoms with E-state index in [1.54, 1.807) is 32.2 Å². The average molecular weight is 497 g/mol. The van der Waals surface area contributed by atoms with E-state index in [9.17, 15) is 14.7 Å². The number of nitrogens with zero attached hydrogens (tertiary/aromatic N) is 2. The molecule has 0 aliphatic carbocycles. The summed E-state index contributed by atoms with van der Waals surface area (Å²) in [5.74, 6) is 0.750. The van der Waals surface area contributed by atoms with E-state index in [0.29, 0.717) is 52.8 Å². The highest BCUT2D eigenvalue weighted by Crippen LogP contribution is 2.36. The minimum Gasteiger partial charge on any atom is -0.496 e. The molecule has 0 spiro atoms. The first-order chi connectivity index (χ1) is 16.7. The van der Waals surface area contributed by atoms with E-state index in [0.717, 1.165) is 28.5 Å². The number of carbonyl (C=O) groups excluding carboxylic acids is 1. The summed E-state index contributed by atoms with van der Waals surface area (Å²) in [6.45, 7) is 5.41. The summed E-state index contributed by atoms with van der Waals surface area (Å²) in [4.78, 5) is 24.7. The number of aromatic carboxylic acids is 1. The van der Waals surface area contributed by atoms with Crippen LogP contribution in [0, 0.1) is 20.8 Å². The Morgan fingerprint density at radius 1 is 0.971 bits per heavy atom. The van der Waals surface area contributed by atoms with Crippen molar-refractivity contribution in [2.75, 3.05) is 20.5 Å².